The van der Waals surface area contributed by atoms with Gasteiger partial charge in [0.05, 0.1) is 12.1 Å². The van der Waals surface area contributed by atoms with Crippen molar-refractivity contribution in [2.24, 2.45) is 5.92 Å². The second kappa shape index (κ2) is 5.74. The average Bonchev–Trinajstić information content (AvgIpc) is 3.02. The summed E-state index contributed by atoms with van der Waals surface area (Å²) >= 11 is 0. The van der Waals surface area contributed by atoms with Crippen LogP contribution in [0, 0.1) is 19.8 Å². The molecule has 0 bridgehead atoms. The third-order valence-electron chi connectivity index (χ3n) is 5.17. The molecule has 1 aliphatic carbocycles. The standard InChI is InChI=1S/C16H22N2O4/c1-9-12(10(2)22-17-9)8-15(19)18-13-6-4-3-5-11(13)7-14(18)16(20)21/h11,13-14H,3-8H2,1-2H3,(H,20,21). The molecular formula is C16H22N2O4. The molecule has 6 heteroatoms. The molecule has 2 fully saturated rings. The van der Waals surface area contributed by atoms with Gasteiger partial charge in [-0.2, -0.15) is 0 Å². The lowest BCUT2D eigenvalue weighted by Gasteiger charge is -2.33. The lowest BCUT2D eigenvalue weighted by Crippen LogP contribution is -2.46. The van der Waals surface area contributed by atoms with Crippen LogP contribution in [0.15, 0.2) is 4.52 Å². The molecule has 1 saturated carbocycles. The molecule has 22 heavy (non-hydrogen) atoms. The van der Waals surface area contributed by atoms with Crippen molar-refractivity contribution in [3.63, 3.8) is 0 Å². The number of carboxylic acids is 1. The predicted molar refractivity (Wildman–Crippen MR) is 78.3 cm³/mol. The van der Waals surface area contributed by atoms with E-state index in [0.29, 0.717) is 23.8 Å². The molecule has 6 nitrogen and oxygen atoms in total. The molecule has 1 aliphatic heterocycles. The van der Waals surface area contributed by atoms with Gasteiger partial charge < -0.3 is 14.5 Å². The molecule has 2 aliphatic rings. The Balaban J connectivity index is 1.83. The second-order valence-corrected chi connectivity index (χ2v) is 6.48. The van der Waals surface area contributed by atoms with Crippen LogP contribution in [0.1, 0.15) is 49.1 Å². The van der Waals surface area contributed by atoms with Gasteiger partial charge in [0, 0.05) is 11.6 Å². The number of hydrogen-bond acceptors (Lipinski definition) is 4. The van der Waals surface area contributed by atoms with Crippen molar-refractivity contribution in [1.29, 1.82) is 0 Å². The van der Waals surface area contributed by atoms with E-state index < -0.39 is 12.0 Å². The van der Waals surface area contributed by atoms with Crippen molar-refractivity contribution in [1.82, 2.24) is 10.1 Å². The molecule has 3 rings (SSSR count). The molecule has 120 valence electrons. The van der Waals surface area contributed by atoms with E-state index in [4.69, 9.17) is 4.52 Å². The van der Waals surface area contributed by atoms with E-state index in [1.807, 2.05) is 0 Å². The summed E-state index contributed by atoms with van der Waals surface area (Å²) in [5.41, 5.74) is 1.49. The van der Waals surface area contributed by atoms with Gasteiger partial charge in [-0.3, -0.25) is 4.79 Å². The Morgan fingerprint density at radius 3 is 2.68 bits per heavy atom. The number of aliphatic carboxylic acids is 1. The summed E-state index contributed by atoms with van der Waals surface area (Å²) in [7, 11) is 0. The number of nitrogens with zero attached hydrogens (tertiary/aromatic N) is 2. The van der Waals surface area contributed by atoms with E-state index in [0.717, 1.165) is 31.2 Å². The van der Waals surface area contributed by atoms with E-state index in [2.05, 4.69) is 5.16 Å². The summed E-state index contributed by atoms with van der Waals surface area (Å²) in [6.45, 7) is 3.59. The van der Waals surface area contributed by atoms with Gasteiger partial charge in [0.15, 0.2) is 0 Å². The third-order valence-corrected chi connectivity index (χ3v) is 5.17. The number of hydrogen-bond donors (Lipinski definition) is 1. The zero-order chi connectivity index (χ0) is 15.9. The van der Waals surface area contributed by atoms with Crippen LogP contribution in [0.5, 0.6) is 0 Å². The van der Waals surface area contributed by atoms with Crippen LogP contribution >= 0.6 is 0 Å². The van der Waals surface area contributed by atoms with Crippen molar-refractivity contribution in [3.05, 3.63) is 17.0 Å². The van der Waals surface area contributed by atoms with Crippen LogP contribution in [-0.4, -0.2) is 39.1 Å². The highest BCUT2D eigenvalue weighted by Crippen LogP contribution is 2.40. The Hall–Kier alpha value is -1.85. The van der Waals surface area contributed by atoms with Gasteiger partial charge in [0.2, 0.25) is 5.91 Å². The monoisotopic (exact) mass is 306 g/mol. The molecule has 1 aromatic heterocycles. The fourth-order valence-corrected chi connectivity index (χ4v) is 4.04. The molecule has 1 aromatic rings. The van der Waals surface area contributed by atoms with Crippen molar-refractivity contribution >= 4 is 11.9 Å². The Bertz CT molecular complexity index is 575. The number of aryl methyl sites for hydroxylation is 2. The van der Waals surface area contributed by atoms with Crippen LogP contribution in [0.25, 0.3) is 0 Å². The van der Waals surface area contributed by atoms with Gasteiger partial charge >= 0.3 is 5.97 Å². The van der Waals surface area contributed by atoms with Gasteiger partial charge in [0.25, 0.3) is 0 Å². The van der Waals surface area contributed by atoms with Crippen LogP contribution in [0.4, 0.5) is 0 Å². The highest BCUT2D eigenvalue weighted by atomic mass is 16.5. The molecule has 0 aromatic carbocycles. The molecule has 0 radical (unpaired) electrons. The molecule has 1 N–H and O–H groups in total. The normalized spacial score (nSPS) is 27.7. The highest BCUT2D eigenvalue weighted by molar-refractivity contribution is 5.86. The Kier molecular flexibility index (Phi) is 3.93. The topological polar surface area (TPSA) is 83.6 Å². The van der Waals surface area contributed by atoms with Crippen molar-refractivity contribution in [2.45, 2.75) is 64.5 Å². The zero-order valence-corrected chi connectivity index (χ0v) is 13.0. The SMILES string of the molecule is Cc1noc(C)c1CC(=O)N1C(C(=O)O)CC2CCCCC21. The van der Waals surface area contributed by atoms with Crippen LogP contribution in [0.2, 0.25) is 0 Å². The quantitative estimate of drug-likeness (QED) is 0.924. The molecule has 3 unspecified atom stereocenters. The number of carbonyl (C=O) groups excluding carboxylic acids is 1. The van der Waals surface area contributed by atoms with Gasteiger partial charge in [-0.15, -0.1) is 0 Å². The summed E-state index contributed by atoms with van der Waals surface area (Å²) in [6.07, 6.45) is 4.93. The summed E-state index contributed by atoms with van der Waals surface area (Å²) in [5.74, 6) is -0.0294. The average molecular weight is 306 g/mol. The maximum absolute atomic E-state index is 12.8. The largest absolute Gasteiger partial charge is 0.480 e. The third kappa shape index (κ3) is 2.51. The fourth-order valence-electron chi connectivity index (χ4n) is 4.04. The zero-order valence-electron chi connectivity index (χ0n) is 13.0. The van der Waals surface area contributed by atoms with E-state index in [9.17, 15) is 14.7 Å². The molecular weight excluding hydrogens is 284 g/mol. The van der Waals surface area contributed by atoms with Crippen LogP contribution < -0.4 is 0 Å². The predicted octanol–water partition coefficient (Wildman–Crippen LogP) is 2.08. The van der Waals surface area contributed by atoms with Gasteiger partial charge in [-0.05, 0) is 39.0 Å². The van der Waals surface area contributed by atoms with E-state index in [1.54, 1.807) is 18.7 Å². The smallest absolute Gasteiger partial charge is 0.326 e. The maximum Gasteiger partial charge on any atom is 0.326 e. The van der Waals surface area contributed by atoms with Crippen molar-refractivity contribution in [2.75, 3.05) is 0 Å². The first-order chi connectivity index (χ1) is 10.5. The summed E-state index contributed by atoms with van der Waals surface area (Å²) in [6, 6.07) is -0.594. The van der Waals surface area contributed by atoms with E-state index in [-0.39, 0.29) is 18.4 Å². The summed E-state index contributed by atoms with van der Waals surface area (Å²) < 4.78 is 5.10. The van der Waals surface area contributed by atoms with E-state index >= 15 is 0 Å². The fraction of sp³-hybridized carbons (Fsp3) is 0.688. The Morgan fingerprint density at radius 2 is 2.05 bits per heavy atom. The van der Waals surface area contributed by atoms with Crippen LogP contribution in [-0.2, 0) is 16.0 Å². The Labute approximate surface area is 129 Å². The minimum Gasteiger partial charge on any atom is -0.480 e. The molecule has 2 heterocycles. The number of rotatable bonds is 3. The molecule has 0 spiro atoms. The lowest BCUT2D eigenvalue weighted by atomic mass is 9.84. The van der Waals surface area contributed by atoms with Gasteiger partial charge in [-0.1, -0.05) is 18.0 Å². The number of likely N-dealkylation sites (tertiary alicyclic amines) is 1. The van der Waals surface area contributed by atoms with Gasteiger partial charge in [-0.25, -0.2) is 4.79 Å². The first kappa shape index (κ1) is 15.1. The minimum atomic E-state index is -0.887. The maximum atomic E-state index is 12.8. The van der Waals surface area contributed by atoms with Crippen LogP contribution in [0.3, 0.4) is 0 Å². The molecule has 1 amide bonds. The van der Waals surface area contributed by atoms with Crippen molar-refractivity contribution in [3.8, 4) is 0 Å². The highest BCUT2D eigenvalue weighted by Gasteiger charge is 2.47. The number of fused-ring (bicyclic) bond motifs is 1. The molecule has 1 saturated heterocycles. The van der Waals surface area contributed by atoms with Gasteiger partial charge in [0.1, 0.15) is 11.8 Å². The first-order valence-corrected chi connectivity index (χ1v) is 7.94. The first-order valence-electron chi connectivity index (χ1n) is 7.94. The minimum absolute atomic E-state index is 0.0859. The summed E-state index contributed by atoms with van der Waals surface area (Å²) in [5, 5.41) is 13.4. The van der Waals surface area contributed by atoms with E-state index in [1.165, 1.54) is 0 Å². The molecule has 3 atom stereocenters. The Morgan fingerprint density at radius 1 is 1.32 bits per heavy atom. The number of carbonyl (C=O) groups is 2. The van der Waals surface area contributed by atoms with Crippen molar-refractivity contribution < 1.29 is 19.2 Å². The lowest BCUT2D eigenvalue weighted by molar-refractivity contribution is -0.149. The number of carboxylic acid groups (broad SMARTS) is 1. The number of amides is 1. The summed E-state index contributed by atoms with van der Waals surface area (Å²) in [4.78, 5) is 26.0. The number of aromatic nitrogens is 1. The second-order valence-electron chi connectivity index (χ2n) is 6.48.